The third-order valence-corrected chi connectivity index (χ3v) is 5.04. The summed E-state index contributed by atoms with van der Waals surface area (Å²) in [4.78, 5) is 0. The molecule has 2 aromatic carbocycles. The minimum Gasteiger partial charge on any atom is -0.318 e. The van der Waals surface area contributed by atoms with E-state index in [1.165, 1.54) is 22.5 Å². The third kappa shape index (κ3) is 2.85. The Labute approximate surface area is 152 Å². The van der Waals surface area contributed by atoms with Gasteiger partial charge in [-0.1, -0.05) is 41.4 Å². The Bertz CT molecular complexity index is 1040. The average molecular weight is 350 g/mol. The normalized spacial score (nSPS) is 11.4. The van der Waals surface area contributed by atoms with Crippen LogP contribution < -0.4 is 0 Å². The van der Waals surface area contributed by atoms with Crippen LogP contribution in [-0.2, 0) is 6.54 Å². The molecule has 0 saturated carbocycles. The zero-order valence-corrected chi connectivity index (χ0v) is 15.4. The Morgan fingerprint density at radius 1 is 0.880 bits per heavy atom. The van der Waals surface area contributed by atoms with Gasteiger partial charge in [0.1, 0.15) is 5.15 Å². The van der Waals surface area contributed by atoms with E-state index in [2.05, 4.69) is 79.9 Å². The Morgan fingerprint density at radius 3 is 2.24 bits per heavy atom. The molecule has 0 unspecified atom stereocenters. The molecule has 0 aliphatic carbocycles. The molecule has 25 heavy (non-hydrogen) atoms. The zero-order valence-electron chi connectivity index (χ0n) is 14.6. The predicted molar refractivity (Wildman–Crippen MR) is 104 cm³/mol. The van der Waals surface area contributed by atoms with E-state index >= 15 is 0 Å². The molecule has 0 spiro atoms. The zero-order chi connectivity index (χ0) is 17.6. The first-order valence-electron chi connectivity index (χ1n) is 8.40. The van der Waals surface area contributed by atoms with Gasteiger partial charge in [-0.25, -0.2) is 4.68 Å². The Kier molecular flexibility index (Phi) is 3.89. The minimum absolute atomic E-state index is 0.671. The van der Waals surface area contributed by atoms with E-state index in [-0.39, 0.29) is 0 Å². The minimum atomic E-state index is 0.671. The van der Waals surface area contributed by atoms with Crippen molar-refractivity contribution in [2.75, 3.05) is 0 Å². The van der Waals surface area contributed by atoms with Gasteiger partial charge in [0.05, 0.1) is 12.1 Å². The summed E-state index contributed by atoms with van der Waals surface area (Å²) >= 11 is 6.57. The predicted octanol–water partition coefficient (Wildman–Crippen LogP) is 5.45. The van der Waals surface area contributed by atoms with Crippen LogP contribution in [-0.4, -0.2) is 14.3 Å². The van der Waals surface area contributed by atoms with Gasteiger partial charge in [-0.3, -0.25) is 0 Å². The van der Waals surface area contributed by atoms with E-state index in [1.807, 2.05) is 4.68 Å². The van der Waals surface area contributed by atoms with Crippen LogP contribution in [0.2, 0.25) is 5.15 Å². The summed E-state index contributed by atoms with van der Waals surface area (Å²) in [7, 11) is 0. The maximum Gasteiger partial charge on any atom is 0.135 e. The lowest BCUT2D eigenvalue weighted by Gasteiger charge is -2.08. The lowest BCUT2D eigenvalue weighted by molar-refractivity contribution is 0.696. The van der Waals surface area contributed by atoms with Crippen LogP contribution in [0.25, 0.3) is 16.6 Å². The Morgan fingerprint density at radius 2 is 1.56 bits per heavy atom. The molecule has 4 heteroatoms. The fourth-order valence-electron chi connectivity index (χ4n) is 3.28. The number of nitrogens with zero attached hydrogens (tertiary/aromatic N) is 3. The maximum absolute atomic E-state index is 6.57. The summed E-state index contributed by atoms with van der Waals surface area (Å²) in [5.41, 5.74) is 6.90. The highest BCUT2D eigenvalue weighted by molar-refractivity contribution is 6.34. The molecular weight excluding hydrogens is 330 g/mol. The first kappa shape index (κ1) is 16.0. The van der Waals surface area contributed by atoms with Crippen molar-refractivity contribution in [3.8, 4) is 5.69 Å². The topological polar surface area (TPSA) is 22.8 Å². The lowest BCUT2D eigenvalue weighted by Crippen LogP contribution is -2.01. The molecule has 0 bridgehead atoms. The SMILES string of the molecule is Cc1ccc(Cn2nc3cc(-n4c(C)ccc4C)ccc3c2Cl)cc1. The largest absolute Gasteiger partial charge is 0.318 e. The summed E-state index contributed by atoms with van der Waals surface area (Å²) in [6.45, 7) is 6.98. The summed E-state index contributed by atoms with van der Waals surface area (Å²) in [5, 5.41) is 6.40. The molecule has 4 rings (SSSR count). The van der Waals surface area contributed by atoms with Gasteiger partial charge < -0.3 is 4.57 Å². The Hall–Kier alpha value is -2.52. The van der Waals surface area contributed by atoms with E-state index in [9.17, 15) is 0 Å². The molecule has 0 saturated heterocycles. The van der Waals surface area contributed by atoms with Gasteiger partial charge in [0.15, 0.2) is 0 Å². The van der Waals surface area contributed by atoms with Crippen LogP contribution in [0, 0.1) is 20.8 Å². The molecule has 3 nitrogen and oxygen atoms in total. The van der Waals surface area contributed by atoms with Crippen molar-refractivity contribution in [3.63, 3.8) is 0 Å². The molecule has 0 radical (unpaired) electrons. The van der Waals surface area contributed by atoms with Gasteiger partial charge in [0.2, 0.25) is 0 Å². The van der Waals surface area contributed by atoms with Crippen LogP contribution >= 0.6 is 11.6 Å². The number of aromatic nitrogens is 3. The molecule has 2 heterocycles. The standard InChI is InChI=1S/C21H20ClN3/c1-14-4-8-17(9-5-14)13-24-21(22)19-11-10-18(12-20(19)23-24)25-15(2)6-7-16(25)3/h4-12H,13H2,1-3H3. The van der Waals surface area contributed by atoms with Gasteiger partial charge in [0.25, 0.3) is 0 Å². The number of rotatable bonds is 3. The highest BCUT2D eigenvalue weighted by Crippen LogP contribution is 2.27. The highest BCUT2D eigenvalue weighted by atomic mass is 35.5. The number of benzene rings is 2. The summed E-state index contributed by atoms with van der Waals surface area (Å²) < 4.78 is 4.10. The van der Waals surface area contributed by atoms with Crippen molar-refractivity contribution in [2.24, 2.45) is 0 Å². The fraction of sp³-hybridized carbons (Fsp3) is 0.190. The van der Waals surface area contributed by atoms with Crippen LogP contribution in [0.1, 0.15) is 22.5 Å². The second-order valence-corrected chi connectivity index (χ2v) is 6.95. The van der Waals surface area contributed by atoms with E-state index in [4.69, 9.17) is 16.7 Å². The maximum atomic E-state index is 6.57. The second kappa shape index (κ2) is 6.08. The molecule has 2 aromatic heterocycles. The van der Waals surface area contributed by atoms with Crippen molar-refractivity contribution in [3.05, 3.63) is 82.3 Å². The lowest BCUT2D eigenvalue weighted by atomic mass is 10.1. The van der Waals surface area contributed by atoms with Crippen LogP contribution in [0.15, 0.2) is 54.6 Å². The number of aryl methyl sites for hydroxylation is 3. The van der Waals surface area contributed by atoms with Gasteiger partial charge in [0, 0.05) is 22.5 Å². The molecule has 0 atom stereocenters. The van der Waals surface area contributed by atoms with Crippen LogP contribution in [0.4, 0.5) is 0 Å². The van der Waals surface area contributed by atoms with Crippen molar-refractivity contribution in [1.82, 2.24) is 14.3 Å². The fourth-order valence-corrected chi connectivity index (χ4v) is 3.53. The average Bonchev–Trinajstić information content (AvgIpc) is 3.09. The van der Waals surface area contributed by atoms with E-state index in [0.717, 1.165) is 16.6 Å². The number of fused-ring (bicyclic) bond motifs is 1. The molecule has 4 aromatic rings. The molecule has 0 N–H and O–H groups in total. The van der Waals surface area contributed by atoms with Crippen molar-refractivity contribution < 1.29 is 0 Å². The van der Waals surface area contributed by atoms with Crippen LogP contribution in [0.3, 0.4) is 0 Å². The van der Waals surface area contributed by atoms with Crippen LogP contribution in [0.5, 0.6) is 0 Å². The Balaban J connectivity index is 1.75. The molecule has 0 amide bonds. The molecule has 126 valence electrons. The van der Waals surface area contributed by atoms with E-state index < -0.39 is 0 Å². The van der Waals surface area contributed by atoms with Gasteiger partial charge in [-0.2, -0.15) is 5.10 Å². The number of halogens is 1. The highest BCUT2D eigenvalue weighted by Gasteiger charge is 2.12. The summed E-state index contributed by atoms with van der Waals surface area (Å²) in [5.74, 6) is 0. The first-order chi connectivity index (χ1) is 12.0. The second-order valence-electron chi connectivity index (χ2n) is 6.59. The summed E-state index contributed by atoms with van der Waals surface area (Å²) in [6.07, 6.45) is 0. The third-order valence-electron chi connectivity index (χ3n) is 4.64. The molecule has 0 aliphatic heterocycles. The smallest absolute Gasteiger partial charge is 0.135 e. The molecule has 0 fully saturated rings. The molecular formula is C21H20ClN3. The number of hydrogen-bond acceptors (Lipinski definition) is 1. The number of hydrogen-bond donors (Lipinski definition) is 0. The monoisotopic (exact) mass is 349 g/mol. The van der Waals surface area contributed by atoms with Gasteiger partial charge in [-0.05, 0) is 56.7 Å². The van der Waals surface area contributed by atoms with E-state index in [1.54, 1.807) is 0 Å². The van der Waals surface area contributed by atoms with Gasteiger partial charge in [-0.15, -0.1) is 0 Å². The van der Waals surface area contributed by atoms with E-state index in [0.29, 0.717) is 11.7 Å². The quantitative estimate of drug-likeness (QED) is 0.482. The molecule has 0 aliphatic rings. The van der Waals surface area contributed by atoms with Crippen molar-refractivity contribution >= 4 is 22.5 Å². The van der Waals surface area contributed by atoms with Crippen molar-refractivity contribution in [1.29, 1.82) is 0 Å². The van der Waals surface area contributed by atoms with Crippen molar-refractivity contribution in [2.45, 2.75) is 27.3 Å². The summed E-state index contributed by atoms with van der Waals surface area (Å²) in [6, 6.07) is 19.0. The first-order valence-corrected chi connectivity index (χ1v) is 8.77. The van der Waals surface area contributed by atoms with Gasteiger partial charge >= 0.3 is 0 Å².